The molecule has 0 radical (unpaired) electrons. The summed E-state index contributed by atoms with van der Waals surface area (Å²) in [6.45, 7) is 3.65. The zero-order chi connectivity index (χ0) is 18.4. The Balaban J connectivity index is 0.00000261. The molecule has 0 saturated carbocycles. The average Bonchev–Trinajstić information content (AvgIpc) is 3.27. The highest BCUT2D eigenvalue weighted by Crippen LogP contribution is 2.18. The molecule has 2 N–H and O–H groups in total. The summed E-state index contributed by atoms with van der Waals surface area (Å²) in [5.41, 5.74) is 1.87. The first kappa shape index (κ1) is 21.2. The van der Waals surface area contributed by atoms with Crippen molar-refractivity contribution in [2.75, 3.05) is 6.54 Å². The number of rotatable bonds is 6. The summed E-state index contributed by atoms with van der Waals surface area (Å²) >= 11 is 5.90. The van der Waals surface area contributed by atoms with E-state index in [2.05, 4.69) is 30.9 Å². The van der Waals surface area contributed by atoms with Gasteiger partial charge in [0.2, 0.25) is 11.7 Å². The molecule has 3 aromatic rings. The van der Waals surface area contributed by atoms with Crippen molar-refractivity contribution in [3.05, 3.63) is 53.1 Å². The maximum absolute atomic E-state index is 5.90. The summed E-state index contributed by atoms with van der Waals surface area (Å²) in [6.07, 6.45) is 1.75. The predicted molar refractivity (Wildman–Crippen MR) is 115 cm³/mol. The lowest BCUT2D eigenvalue weighted by atomic mass is 10.2. The zero-order valence-electron chi connectivity index (χ0n) is 15.0. The lowest BCUT2D eigenvalue weighted by Gasteiger charge is -2.09. The molecule has 0 fully saturated rings. The highest BCUT2D eigenvalue weighted by atomic mass is 127. The summed E-state index contributed by atoms with van der Waals surface area (Å²) in [7, 11) is 1.89. The van der Waals surface area contributed by atoms with Gasteiger partial charge in [0, 0.05) is 30.4 Å². The minimum atomic E-state index is 0. The van der Waals surface area contributed by atoms with E-state index in [1.54, 1.807) is 23.0 Å². The average molecular weight is 502 g/mol. The van der Waals surface area contributed by atoms with E-state index < -0.39 is 0 Å². The second-order valence-corrected chi connectivity index (χ2v) is 5.95. The Labute approximate surface area is 179 Å². The summed E-state index contributed by atoms with van der Waals surface area (Å²) in [5, 5.41) is 15.2. The molecule has 3 rings (SSSR count). The molecule has 1 aromatic carbocycles. The first-order valence-electron chi connectivity index (χ1n) is 8.23. The van der Waals surface area contributed by atoms with Crippen LogP contribution in [0.4, 0.5) is 0 Å². The van der Waals surface area contributed by atoms with Crippen LogP contribution in [0.1, 0.15) is 18.5 Å². The molecule has 0 spiro atoms. The van der Waals surface area contributed by atoms with Gasteiger partial charge in [-0.2, -0.15) is 10.1 Å². The van der Waals surface area contributed by atoms with Gasteiger partial charge in [-0.15, -0.1) is 24.0 Å². The van der Waals surface area contributed by atoms with Gasteiger partial charge < -0.3 is 15.2 Å². The number of nitrogens with one attached hydrogen (secondary N) is 2. The lowest BCUT2D eigenvalue weighted by Crippen LogP contribution is -2.36. The molecule has 0 saturated heterocycles. The van der Waals surface area contributed by atoms with Crippen LogP contribution in [0.3, 0.4) is 0 Å². The fourth-order valence-corrected chi connectivity index (χ4v) is 2.39. The van der Waals surface area contributed by atoms with Crippen molar-refractivity contribution in [3.63, 3.8) is 0 Å². The fourth-order valence-electron chi connectivity index (χ4n) is 2.26. The van der Waals surface area contributed by atoms with E-state index in [-0.39, 0.29) is 24.0 Å². The van der Waals surface area contributed by atoms with E-state index in [4.69, 9.17) is 16.1 Å². The molecule has 2 aromatic heterocycles. The van der Waals surface area contributed by atoms with Crippen molar-refractivity contribution in [1.29, 1.82) is 0 Å². The smallest absolute Gasteiger partial charge is 0.246 e. The van der Waals surface area contributed by atoms with Crippen molar-refractivity contribution in [2.45, 2.75) is 20.0 Å². The number of guanidine groups is 1. The second-order valence-electron chi connectivity index (χ2n) is 5.51. The molecule has 144 valence electrons. The molecule has 0 amide bonds. The number of hydrogen-bond acceptors (Lipinski definition) is 5. The van der Waals surface area contributed by atoms with Crippen molar-refractivity contribution in [3.8, 4) is 11.4 Å². The topological polar surface area (TPSA) is 93.2 Å². The Bertz CT molecular complexity index is 876. The van der Waals surface area contributed by atoms with Crippen molar-refractivity contribution in [2.24, 2.45) is 12.0 Å². The number of benzene rings is 1. The van der Waals surface area contributed by atoms with E-state index in [1.807, 2.05) is 32.2 Å². The number of halogens is 2. The van der Waals surface area contributed by atoms with E-state index in [0.717, 1.165) is 17.8 Å². The monoisotopic (exact) mass is 501 g/mol. The number of hydrogen-bond donors (Lipinski definition) is 2. The van der Waals surface area contributed by atoms with E-state index in [9.17, 15) is 0 Å². The predicted octanol–water partition coefficient (Wildman–Crippen LogP) is 3.00. The van der Waals surface area contributed by atoms with Crippen LogP contribution in [0, 0.1) is 0 Å². The van der Waals surface area contributed by atoms with Gasteiger partial charge in [-0.1, -0.05) is 16.8 Å². The molecular formula is C17H21ClIN7O. The first-order valence-corrected chi connectivity index (χ1v) is 8.61. The third kappa shape index (κ3) is 5.93. The van der Waals surface area contributed by atoms with Crippen LogP contribution in [0.25, 0.3) is 11.4 Å². The quantitative estimate of drug-likeness (QED) is 0.306. The van der Waals surface area contributed by atoms with Crippen molar-refractivity contribution >= 4 is 41.5 Å². The van der Waals surface area contributed by atoms with Gasteiger partial charge in [-0.25, -0.2) is 4.99 Å². The summed E-state index contributed by atoms with van der Waals surface area (Å²) < 4.78 is 7.09. The van der Waals surface area contributed by atoms with Gasteiger partial charge in [0.15, 0.2) is 5.96 Å². The van der Waals surface area contributed by atoms with Crippen LogP contribution >= 0.6 is 35.6 Å². The van der Waals surface area contributed by atoms with Crippen LogP contribution in [0.5, 0.6) is 0 Å². The summed E-state index contributed by atoms with van der Waals surface area (Å²) in [4.78, 5) is 8.92. The maximum atomic E-state index is 5.90. The van der Waals surface area contributed by atoms with Crippen LogP contribution < -0.4 is 10.6 Å². The molecular weight excluding hydrogens is 481 g/mol. The molecule has 0 unspecified atom stereocenters. The number of aromatic nitrogens is 4. The Morgan fingerprint density at radius 1 is 1.22 bits per heavy atom. The minimum absolute atomic E-state index is 0. The van der Waals surface area contributed by atoms with Crippen molar-refractivity contribution in [1.82, 2.24) is 30.6 Å². The lowest BCUT2D eigenvalue weighted by molar-refractivity contribution is 0.375. The summed E-state index contributed by atoms with van der Waals surface area (Å²) in [6, 6.07) is 9.22. The van der Waals surface area contributed by atoms with Crippen LogP contribution in [0.15, 0.2) is 46.0 Å². The Hall–Kier alpha value is -2.14. The Kier molecular flexibility index (Phi) is 8.04. The molecule has 0 atom stereocenters. The third-order valence-corrected chi connectivity index (χ3v) is 3.90. The van der Waals surface area contributed by atoms with Gasteiger partial charge in [-0.05, 0) is 37.3 Å². The van der Waals surface area contributed by atoms with Gasteiger partial charge in [0.05, 0.1) is 18.8 Å². The third-order valence-electron chi connectivity index (χ3n) is 3.64. The Morgan fingerprint density at radius 3 is 2.67 bits per heavy atom. The standard InChI is InChI=1S/C17H20ClN7O.HI/c1-3-19-17(20-10-14-8-9-22-25(14)2)21-11-15-23-16(24-26-15)12-4-6-13(18)7-5-12;/h4-9H,3,10-11H2,1-2H3,(H2,19,20,21);1H. The fraction of sp³-hybridized carbons (Fsp3) is 0.294. The van der Waals surface area contributed by atoms with Crippen LogP contribution in [0.2, 0.25) is 5.02 Å². The second kappa shape index (κ2) is 10.3. The number of nitrogens with zero attached hydrogens (tertiary/aromatic N) is 5. The van der Waals surface area contributed by atoms with Gasteiger partial charge in [0.25, 0.3) is 0 Å². The zero-order valence-corrected chi connectivity index (χ0v) is 18.1. The molecule has 0 aliphatic carbocycles. The van der Waals surface area contributed by atoms with Gasteiger partial charge in [0.1, 0.15) is 0 Å². The van der Waals surface area contributed by atoms with E-state index in [0.29, 0.717) is 35.8 Å². The SMILES string of the molecule is CCNC(=NCc1ccnn1C)NCc1nc(-c2ccc(Cl)cc2)no1.I. The largest absolute Gasteiger partial charge is 0.357 e. The molecule has 8 nitrogen and oxygen atoms in total. The molecule has 27 heavy (non-hydrogen) atoms. The number of aryl methyl sites for hydroxylation is 1. The summed E-state index contributed by atoms with van der Waals surface area (Å²) in [5.74, 6) is 1.66. The van der Waals surface area contributed by atoms with E-state index >= 15 is 0 Å². The van der Waals surface area contributed by atoms with Gasteiger partial charge >= 0.3 is 0 Å². The van der Waals surface area contributed by atoms with Crippen LogP contribution in [-0.4, -0.2) is 32.4 Å². The highest BCUT2D eigenvalue weighted by molar-refractivity contribution is 14.0. The molecule has 10 heteroatoms. The molecule has 0 bridgehead atoms. The highest BCUT2D eigenvalue weighted by Gasteiger charge is 2.09. The van der Waals surface area contributed by atoms with Crippen LogP contribution in [-0.2, 0) is 20.1 Å². The van der Waals surface area contributed by atoms with Gasteiger partial charge in [-0.3, -0.25) is 4.68 Å². The minimum Gasteiger partial charge on any atom is -0.357 e. The molecule has 0 aliphatic rings. The van der Waals surface area contributed by atoms with E-state index in [1.165, 1.54) is 0 Å². The van der Waals surface area contributed by atoms with Crippen molar-refractivity contribution < 1.29 is 4.52 Å². The Morgan fingerprint density at radius 2 is 2.00 bits per heavy atom. The molecule has 2 heterocycles. The molecule has 0 aliphatic heterocycles. The normalized spacial score (nSPS) is 11.1. The first-order chi connectivity index (χ1) is 12.7. The number of aliphatic imine (C=N–C) groups is 1. The maximum Gasteiger partial charge on any atom is 0.246 e.